The summed E-state index contributed by atoms with van der Waals surface area (Å²) in [5.74, 6) is -0.578. The van der Waals surface area contributed by atoms with Crippen LogP contribution in [0, 0.1) is 23.0 Å². The van der Waals surface area contributed by atoms with Crippen molar-refractivity contribution in [2.24, 2.45) is 0 Å². The standard InChI is InChI=1S/C20H21F2N/c1-13(2)17-7-5-14(9-15(17)12-23)11-20(3,4)18-10-16(21)6-8-19(18)22/h5-10,13H,11H2,1-4H3. The average Bonchev–Trinajstić information content (AvgIpc) is 2.48. The molecule has 2 rings (SSSR count). The van der Waals surface area contributed by atoms with E-state index < -0.39 is 17.0 Å². The molecule has 0 spiro atoms. The highest BCUT2D eigenvalue weighted by Gasteiger charge is 2.25. The number of halogens is 2. The molecule has 0 atom stereocenters. The molecular weight excluding hydrogens is 292 g/mol. The van der Waals surface area contributed by atoms with Crippen molar-refractivity contribution in [1.82, 2.24) is 0 Å². The van der Waals surface area contributed by atoms with E-state index in [9.17, 15) is 14.0 Å². The zero-order valence-corrected chi connectivity index (χ0v) is 14.0. The molecule has 0 saturated heterocycles. The van der Waals surface area contributed by atoms with E-state index >= 15 is 0 Å². The molecule has 0 fully saturated rings. The van der Waals surface area contributed by atoms with Gasteiger partial charge in [-0.05, 0) is 58.7 Å². The van der Waals surface area contributed by atoms with Crippen molar-refractivity contribution in [1.29, 1.82) is 5.26 Å². The second kappa shape index (κ2) is 6.50. The van der Waals surface area contributed by atoms with Crippen LogP contribution in [0.25, 0.3) is 0 Å². The van der Waals surface area contributed by atoms with Crippen molar-refractivity contribution in [3.05, 3.63) is 70.3 Å². The maximum atomic E-state index is 14.1. The number of nitriles is 1. The van der Waals surface area contributed by atoms with Gasteiger partial charge in [-0.15, -0.1) is 0 Å². The molecule has 0 heterocycles. The third-order valence-electron chi connectivity index (χ3n) is 4.16. The lowest BCUT2D eigenvalue weighted by atomic mass is 9.78. The molecule has 0 aliphatic carbocycles. The Labute approximate surface area is 136 Å². The predicted molar refractivity (Wildman–Crippen MR) is 88.3 cm³/mol. The molecule has 0 aliphatic rings. The molecule has 0 aromatic heterocycles. The normalized spacial score (nSPS) is 11.6. The maximum absolute atomic E-state index is 14.1. The Morgan fingerprint density at radius 2 is 1.78 bits per heavy atom. The van der Waals surface area contributed by atoms with Gasteiger partial charge in [0.1, 0.15) is 11.6 Å². The van der Waals surface area contributed by atoms with Crippen LogP contribution in [0.1, 0.15) is 55.9 Å². The van der Waals surface area contributed by atoms with Crippen LogP contribution in [-0.2, 0) is 11.8 Å². The molecule has 0 bridgehead atoms. The van der Waals surface area contributed by atoms with Crippen LogP contribution in [0.4, 0.5) is 8.78 Å². The summed E-state index contributed by atoms with van der Waals surface area (Å²) in [5, 5.41) is 9.33. The predicted octanol–water partition coefficient (Wildman–Crippen LogP) is 5.48. The van der Waals surface area contributed by atoms with E-state index in [-0.39, 0.29) is 5.92 Å². The molecule has 0 unspecified atom stereocenters. The van der Waals surface area contributed by atoms with Crippen LogP contribution in [0.2, 0.25) is 0 Å². The van der Waals surface area contributed by atoms with Gasteiger partial charge in [0, 0.05) is 0 Å². The van der Waals surface area contributed by atoms with Crippen molar-refractivity contribution < 1.29 is 8.78 Å². The monoisotopic (exact) mass is 313 g/mol. The molecular formula is C20H21F2N. The molecule has 2 aromatic rings. The van der Waals surface area contributed by atoms with Gasteiger partial charge < -0.3 is 0 Å². The second-order valence-electron chi connectivity index (χ2n) is 6.87. The fourth-order valence-electron chi connectivity index (χ4n) is 2.94. The highest BCUT2D eigenvalue weighted by molar-refractivity contribution is 5.43. The van der Waals surface area contributed by atoms with Crippen LogP contribution in [0.5, 0.6) is 0 Å². The van der Waals surface area contributed by atoms with Gasteiger partial charge in [-0.1, -0.05) is 39.8 Å². The van der Waals surface area contributed by atoms with Gasteiger partial charge in [0.2, 0.25) is 0 Å². The minimum Gasteiger partial charge on any atom is -0.207 e. The highest BCUT2D eigenvalue weighted by Crippen LogP contribution is 2.31. The SMILES string of the molecule is CC(C)c1ccc(CC(C)(C)c2cc(F)ccc2F)cc1C#N. The summed E-state index contributed by atoms with van der Waals surface area (Å²) in [6, 6.07) is 11.5. The zero-order valence-electron chi connectivity index (χ0n) is 14.0. The van der Waals surface area contributed by atoms with E-state index in [2.05, 4.69) is 6.07 Å². The number of hydrogen-bond acceptors (Lipinski definition) is 1. The van der Waals surface area contributed by atoms with E-state index in [1.54, 1.807) is 0 Å². The Bertz CT molecular complexity index is 755. The van der Waals surface area contributed by atoms with Crippen LogP contribution in [-0.4, -0.2) is 0 Å². The van der Waals surface area contributed by atoms with Crippen molar-refractivity contribution in [2.75, 3.05) is 0 Å². The summed E-state index contributed by atoms with van der Waals surface area (Å²) >= 11 is 0. The first-order valence-electron chi connectivity index (χ1n) is 7.73. The smallest absolute Gasteiger partial charge is 0.127 e. The fourth-order valence-corrected chi connectivity index (χ4v) is 2.94. The number of hydrogen-bond donors (Lipinski definition) is 0. The van der Waals surface area contributed by atoms with Gasteiger partial charge in [0.25, 0.3) is 0 Å². The largest absolute Gasteiger partial charge is 0.207 e. The molecule has 1 nitrogen and oxygen atoms in total. The topological polar surface area (TPSA) is 23.8 Å². The molecule has 0 N–H and O–H groups in total. The van der Waals surface area contributed by atoms with E-state index in [1.807, 2.05) is 45.9 Å². The van der Waals surface area contributed by atoms with E-state index in [0.717, 1.165) is 23.3 Å². The number of benzene rings is 2. The average molecular weight is 313 g/mol. The zero-order chi connectivity index (χ0) is 17.2. The van der Waals surface area contributed by atoms with E-state index in [0.29, 0.717) is 17.5 Å². The lowest BCUT2D eigenvalue weighted by molar-refractivity contribution is 0.473. The first kappa shape index (κ1) is 17.1. The van der Waals surface area contributed by atoms with Crippen molar-refractivity contribution >= 4 is 0 Å². The van der Waals surface area contributed by atoms with E-state index in [1.165, 1.54) is 6.07 Å². The van der Waals surface area contributed by atoms with Gasteiger partial charge >= 0.3 is 0 Å². The first-order valence-corrected chi connectivity index (χ1v) is 7.73. The van der Waals surface area contributed by atoms with E-state index in [4.69, 9.17) is 0 Å². The summed E-state index contributed by atoms with van der Waals surface area (Å²) < 4.78 is 27.5. The Balaban J connectivity index is 2.37. The quantitative estimate of drug-likeness (QED) is 0.733. The minimum absolute atomic E-state index is 0.271. The number of rotatable bonds is 4. The van der Waals surface area contributed by atoms with Crippen molar-refractivity contribution in [2.45, 2.75) is 45.4 Å². The summed E-state index contributed by atoms with van der Waals surface area (Å²) in [6.07, 6.45) is 0.528. The molecule has 0 radical (unpaired) electrons. The Morgan fingerprint density at radius 3 is 2.39 bits per heavy atom. The summed E-state index contributed by atoms with van der Waals surface area (Å²) in [4.78, 5) is 0. The van der Waals surface area contributed by atoms with Crippen LogP contribution < -0.4 is 0 Å². The molecule has 0 saturated carbocycles. The van der Waals surface area contributed by atoms with Crippen LogP contribution >= 0.6 is 0 Å². The highest BCUT2D eigenvalue weighted by atomic mass is 19.1. The Morgan fingerprint density at radius 1 is 1.09 bits per heavy atom. The fraction of sp³-hybridized carbons (Fsp3) is 0.350. The third kappa shape index (κ3) is 3.76. The lowest BCUT2D eigenvalue weighted by Crippen LogP contribution is -2.22. The molecule has 3 heteroatoms. The van der Waals surface area contributed by atoms with Gasteiger partial charge in [-0.25, -0.2) is 8.78 Å². The third-order valence-corrected chi connectivity index (χ3v) is 4.16. The Kier molecular flexibility index (Phi) is 4.85. The molecule has 0 amide bonds. The van der Waals surface area contributed by atoms with Gasteiger partial charge in [-0.3, -0.25) is 0 Å². The van der Waals surface area contributed by atoms with Crippen molar-refractivity contribution in [3.8, 4) is 6.07 Å². The lowest BCUT2D eigenvalue weighted by Gasteiger charge is -2.26. The van der Waals surface area contributed by atoms with Crippen LogP contribution in [0.3, 0.4) is 0 Å². The maximum Gasteiger partial charge on any atom is 0.127 e. The second-order valence-corrected chi connectivity index (χ2v) is 6.87. The number of nitrogens with zero attached hydrogens (tertiary/aromatic N) is 1. The molecule has 120 valence electrons. The van der Waals surface area contributed by atoms with Crippen molar-refractivity contribution in [3.63, 3.8) is 0 Å². The van der Waals surface area contributed by atoms with Gasteiger partial charge in [0.15, 0.2) is 0 Å². The minimum atomic E-state index is -0.571. The van der Waals surface area contributed by atoms with Gasteiger partial charge in [-0.2, -0.15) is 5.26 Å². The summed E-state index contributed by atoms with van der Waals surface area (Å²) in [7, 11) is 0. The summed E-state index contributed by atoms with van der Waals surface area (Å²) in [6.45, 7) is 7.85. The molecule has 0 aliphatic heterocycles. The first-order chi connectivity index (χ1) is 10.7. The molecule has 23 heavy (non-hydrogen) atoms. The van der Waals surface area contributed by atoms with Gasteiger partial charge in [0.05, 0.1) is 11.6 Å². The van der Waals surface area contributed by atoms with Crippen LogP contribution in [0.15, 0.2) is 36.4 Å². The molecule has 2 aromatic carbocycles. The summed E-state index contributed by atoms with van der Waals surface area (Å²) in [5.41, 5.74) is 2.38. The Hall–Kier alpha value is -2.21.